The van der Waals surface area contributed by atoms with Crippen molar-refractivity contribution in [2.24, 2.45) is 0 Å². The number of hydrogen-bond donors (Lipinski definition) is 0. The minimum atomic E-state index is 0.590. The second-order valence-corrected chi connectivity index (χ2v) is 6.01. The van der Waals surface area contributed by atoms with Crippen LogP contribution < -0.4 is 9.47 Å². The molecule has 0 unspecified atom stereocenters. The van der Waals surface area contributed by atoms with Crippen molar-refractivity contribution >= 4 is 0 Å². The van der Waals surface area contributed by atoms with Crippen molar-refractivity contribution in [1.29, 1.82) is 0 Å². The molecule has 0 radical (unpaired) electrons. The van der Waals surface area contributed by atoms with E-state index in [2.05, 4.69) is 24.3 Å². The molecular formula is C20H24O2. The maximum Gasteiger partial charge on any atom is 0.126 e. The predicted molar refractivity (Wildman–Crippen MR) is 89.6 cm³/mol. The summed E-state index contributed by atoms with van der Waals surface area (Å²) in [6.45, 7) is 0.590. The third-order valence-corrected chi connectivity index (χ3v) is 4.50. The number of ether oxygens (including phenoxy) is 2. The van der Waals surface area contributed by atoms with E-state index in [0.29, 0.717) is 12.5 Å². The van der Waals surface area contributed by atoms with Crippen LogP contribution in [0.4, 0.5) is 0 Å². The molecule has 0 bridgehead atoms. The Balaban J connectivity index is 1.71. The zero-order chi connectivity index (χ0) is 15.2. The van der Waals surface area contributed by atoms with Gasteiger partial charge in [0.05, 0.1) is 7.11 Å². The highest BCUT2D eigenvalue weighted by Gasteiger charge is 2.19. The first-order valence-electron chi connectivity index (χ1n) is 8.21. The summed E-state index contributed by atoms with van der Waals surface area (Å²) in [5.74, 6) is 2.49. The van der Waals surface area contributed by atoms with E-state index in [0.717, 1.165) is 11.5 Å². The Morgan fingerprint density at radius 1 is 0.955 bits per heavy atom. The molecule has 0 atom stereocenters. The van der Waals surface area contributed by atoms with Gasteiger partial charge in [-0.15, -0.1) is 0 Å². The topological polar surface area (TPSA) is 18.5 Å². The van der Waals surface area contributed by atoms with Crippen LogP contribution in [0.2, 0.25) is 0 Å². The van der Waals surface area contributed by atoms with Crippen LogP contribution in [0.5, 0.6) is 11.5 Å². The van der Waals surface area contributed by atoms with E-state index >= 15 is 0 Å². The van der Waals surface area contributed by atoms with Crippen molar-refractivity contribution in [2.75, 3.05) is 7.11 Å². The normalized spacial score (nSPS) is 15.5. The Bertz CT molecular complexity index is 586. The molecule has 116 valence electrons. The van der Waals surface area contributed by atoms with Gasteiger partial charge in [0, 0.05) is 6.07 Å². The molecule has 0 spiro atoms. The summed E-state index contributed by atoms with van der Waals surface area (Å²) in [6.07, 6.45) is 6.60. The Morgan fingerprint density at radius 2 is 1.73 bits per heavy atom. The summed E-state index contributed by atoms with van der Waals surface area (Å²) in [5.41, 5.74) is 2.52. The monoisotopic (exact) mass is 296 g/mol. The van der Waals surface area contributed by atoms with E-state index in [1.165, 1.54) is 43.2 Å². The lowest BCUT2D eigenvalue weighted by molar-refractivity contribution is 0.302. The van der Waals surface area contributed by atoms with Crippen LogP contribution in [0, 0.1) is 0 Å². The fourth-order valence-corrected chi connectivity index (χ4v) is 3.27. The highest BCUT2D eigenvalue weighted by molar-refractivity contribution is 5.43. The quantitative estimate of drug-likeness (QED) is 0.743. The average Bonchev–Trinajstić information content (AvgIpc) is 2.61. The Labute approximate surface area is 133 Å². The second-order valence-electron chi connectivity index (χ2n) is 6.01. The maximum atomic E-state index is 5.90. The number of hydrogen-bond acceptors (Lipinski definition) is 2. The molecule has 0 aliphatic heterocycles. The van der Waals surface area contributed by atoms with Gasteiger partial charge in [0.2, 0.25) is 0 Å². The standard InChI is InChI=1S/C20H24O2/c1-21-20-14-18(22-15-16-8-4-2-5-9-16)12-13-19(20)17-10-6-3-7-11-17/h2,4-5,8-9,12-14,17H,3,6-7,10-11,15H2,1H3. The summed E-state index contributed by atoms with van der Waals surface area (Å²) in [6, 6.07) is 16.5. The lowest BCUT2D eigenvalue weighted by atomic mass is 9.83. The summed E-state index contributed by atoms with van der Waals surface area (Å²) in [5, 5.41) is 0. The fraction of sp³-hybridized carbons (Fsp3) is 0.400. The molecular weight excluding hydrogens is 272 g/mol. The highest BCUT2D eigenvalue weighted by atomic mass is 16.5. The van der Waals surface area contributed by atoms with E-state index in [-0.39, 0.29) is 0 Å². The Kier molecular flexibility index (Phi) is 4.99. The minimum Gasteiger partial charge on any atom is -0.496 e. The van der Waals surface area contributed by atoms with Gasteiger partial charge in [0.15, 0.2) is 0 Å². The van der Waals surface area contributed by atoms with Gasteiger partial charge in [0.25, 0.3) is 0 Å². The van der Waals surface area contributed by atoms with E-state index in [4.69, 9.17) is 9.47 Å². The lowest BCUT2D eigenvalue weighted by Crippen LogP contribution is -2.06. The summed E-state index contributed by atoms with van der Waals surface area (Å²) >= 11 is 0. The molecule has 2 aromatic rings. The van der Waals surface area contributed by atoms with Crippen molar-refractivity contribution in [3.8, 4) is 11.5 Å². The van der Waals surface area contributed by atoms with E-state index in [1.54, 1.807) is 7.11 Å². The van der Waals surface area contributed by atoms with Gasteiger partial charge in [-0.2, -0.15) is 0 Å². The molecule has 2 nitrogen and oxygen atoms in total. The molecule has 1 aliphatic rings. The fourth-order valence-electron chi connectivity index (χ4n) is 3.27. The molecule has 0 heterocycles. The molecule has 1 saturated carbocycles. The van der Waals surface area contributed by atoms with Crippen LogP contribution in [0.3, 0.4) is 0 Å². The zero-order valence-electron chi connectivity index (χ0n) is 13.3. The molecule has 0 amide bonds. The van der Waals surface area contributed by atoms with E-state index in [9.17, 15) is 0 Å². The molecule has 0 aromatic heterocycles. The minimum absolute atomic E-state index is 0.590. The van der Waals surface area contributed by atoms with Crippen molar-refractivity contribution < 1.29 is 9.47 Å². The predicted octanol–water partition coefficient (Wildman–Crippen LogP) is 5.32. The molecule has 2 heteroatoms. The van der Waals surface area contributed by atoms with Gasteiger partial charge in [-0.05, 0) is 36.0 Å². The van der Waals surface area contributed by atoms with E-state index < -0.39 is 0 Å². The molecule has 0 N–H and O–H groups in total. The van der Waals surface area contributed by atoms with Crippen molar-refractivity contribution in [1.82, 2.24) is 0 Å². The summed E-state index contributed by atoms with van der Waals surface area (Å²) in [4.78, 5) is 0. The first kappa shape index (κ1) is 15.0. The van der Waals surface area contributed by atoms with Crippen molar-refractivity contribution in [2.45, 2.75) is 44.6 Å². The number of benzene rings is 2. The van der Waals surface area contributed by atoms with Crippen LogP contribution >= 0.6 is 0 Å². The number of rotatable bonds is 5. The van der Waals surface area contributed by atoms with Gasteiger partial charge < -0.3 is 9.47 Å². The van der Waals surface area contributed by atoms with Gasteiger partial charge in [-0.1, -0.05) is 55.7 Å². The van der Waals surface area contributed by atoms with Crippen molar-refractivity contribution in [3.63, 3.8) is 0 Å². The summed E-state index contributed by atoms with van der Waals surface area (Å²) in [7, 11) is 1.75. The third-order valence-electron chi connectivity index (χ3n) is 4.50. The van der Waals surface area contributed by atoms with Crippen LogP contribution in [-0.4, -0.2) is 7.11 Å². The SMILES string of the molecule is COc1cc(OCc2ccccc2)ccc1C1CCCCC1. The Morgan fingerprint density at radius 3 is 2.45 bits per heavy atom. The largest absolute Gasteiger partial charge is 0.496 e. The van der Waals surface area contributed by atoms with Crippen molar-refractivity contribution in [3.05, 3.63) is 59.7 Å². The van der Waals surface area contributed by atoms with Crippen LogP contribution in [-0.2, 0) is 6.61 Å². The average molecular weight is 296 g/mol. The van der Waals surface area contributed by atoms with Crippen LogP contribution in [0.25, 0.3) is 0 Å². The molecule has 2 aromatic carbocycles. The van der Waals surface area contributed by atoms with Gasteiger partial charge in [-0.3, -0.25) is 0 Å². The first-order valence-corrected chi connectivity index (χ1v) is 8.21. The van der Waals surface area contributed by atoms with Crippen LogP contribution in [0.15, 0.2) is 48.5 Å². The van der Waals surface area contributed by atoms with Gasteiger partial charge in [-0.25, -0.2) is 0 Å². The molecule has 1 fully saturated rings. The Hall–Kier alpha value is -1.96. The summed E-state index contributed by atoms with van der Waals surface area (Å²) < 4.78 is 11.5. The first-order chi connectivity index (χ1) is 10.9. The van der Waals surface area contributed by atoms with E-state index in [1.807, 2.05) is 24.3 Å². The van der Waals surface area contributed by atoms with Gasteiger partial charge >= 0.3 is 0 Å². The second kappa shape index (κ2) is 7.35. The molecule has 1 aliphatic carbocycles. The maximum absolute atomic E-state index is 5.90. The third kappa shape index (κ3) is 3.62. The van der Waals surface area contributed by atoms with Crippen LogP contribution in [0.1, 0.15) is 49.1 Å². The molecule has 22 heavy (non-hydrogen) atoms. The smallest absolute Gasteiger partial charge is 0.126 e. The molecule has 0 saturated heterocycles. The van der Waals surface area contributed by atoms with Gasteiger partial charge in [0.1, 0.15) is 18.1 Å². The molecule has 3 rings (SSSR count). The highest BCUT2D eigenvalue weighted by Crippen LogP contribution is 2.38. The lowest BCUT2D eigenvalue weighted by Gasteiger charge is -2.24. The number of methoxy groups -OCH3 is 1. The zero-order valence-corrected chi connectivity index (χ0v) is 13.3.